The van der Waals surface area contributed by atoms with Gasteiger partial charge in [0.05, 0.1) is 10.7 Å². The summed E-state index contributed by atoms with van der Waals surface area (Å²) in [5.74, 6) is 0.989. The molecule has 168 valence electrons. The van der Waals surface area contributed by atoms with Crippen LogP contribution in [0.15, 0.2) is 80.6 Å². The molecule has 0 amide bonds. The number of benzene rings is 2. The van der Waals surface area contributed by atoms with Crippen molar-refractivity contribution < 1.29 is 0 Å². The SMILES string of the molecule is CNc1ccc(C)cc1SCC=C1C=C(C=C2Sc3cc(C)ccc3N2C)CC(C)(C)C1. The van der Waals surface area contributed by atoms with E-state index in [9.17, 15) is 0 Å². The van der Waals surface area contributed by atoms with Crippen LogP contribution < -0.4 is 10.2 Å². The Bertz CT molecular complexity index is 1110. The number of anilines is 2. The van der Waals surface area contributed by atoms with Gasteiger partial charge in [0, 0.05) is 35.3 Å². The highest BCUT2D eigenvalue weighted by atomic mass is 32.2. The van der Waals surface area contributed by atoms with Crippen LogP contribution in [0, 0.1) is 19.3 Å². The molecule has 32 heavy (non-hydrogen) atoms. The highest BCUT2D eigenvalue weighted by Crippen LogP contribution is 2.47. The van der Waals surface area contributed by atoms with Crippen LogP contribution in [-0.2, 0) is 0 Å². The van der Waals surface area contributed by atoms with Gasteiger partial charge in [-0.05, 0) is 79.1 Å². The average Bonchev–Trinajstić information content (AvgIpc) is 3.01. The normalized spacial score (nSPS) is 19.9. The van der Waals surface area contributed by atoms with Gasteiger partial charge in [-0.2, -0.15) is 0 Å². The summed E-state index contributed by atoms with van der Waals surface area (Å²) >= 11 is 3.80. The Hall–Kier alpha value is -2.04. The zero-order valence-corrected chi connectivity index (χ0v) is 21.7. The summed E-state index contributed by atoms with van der Waals surface area (Å²) < 4.78 is 0. The van der Waals surface area contributed by atoms with Gasteiger partial charge in [-0.1, -0.05) is 55.5 Å². The van der Waals surface area contributed by atoms with E-state index in [0.717, 1.165) is 18.6 Å². The molecular weight excluding hydrogens is 428 g/mol. The first-order valence-corrected chi connectivity index (χ1v) is 13.1. The van der Waals surface area contributed by atoms with Crippen LogP contribution in [0.4, 0.5) is 11.4 Å². The lowest BCUT2D eigenvalue weighted by Crippen LogP contribution is -2.18. The van der Waals surface area contributed by atoms with E-state index in [4.69, 9.17) is 0 Å². The quantitative estimate of drug-likeness (QED) is 0.450. The van der Waals surface area contributed by atoms with Crippen molar-refractivity contribution in [2.24, 2.45) is 5.41 Å². The maximum Gasteiger partial charge on any atom is 0.0801 e. The zero-order chi connectivity index (χ0) is 22.9. The molecule has 0 saturated carbocycles. The number of nitrogens with one attached hydrogen (secondary N) is 1. The summed E-state index contributed by atoms with van der Waals surface area (Å²) in [5.41, 5.74) is 8.32. The number of rotatable bonds is 5. The van der Waals surface area contributed by atoms with E-state index in [2.05, 4.69) is 99.6 Å². The second kappa shape index (κ2) is 9.44. The van der Waals surface area contributed by atoms with E-state index in [1.807, 2.05) is 30.6 Å². The first-order valence-electron chi connectivity index (χ1n) is 11.3. The molecule has 4 rings (SSSR count). The molecule has 0 aromatic heterocycles. The topological polar surface area (TPSA) is 15.3 Å². The van der Waals surface area contributed by atoms with Gasteiger partial charge in [-0.25, -0.2) is 0 Å². The Morgan fingerprint density at radius 1 is 1.09 bits per heavy atom. The number of aryl methyl sites for hydroxylation is 2. The maximum atomic E-state index is 3.32. The minimum atomic E-state index is 0.280. The molecule has 0 fully saturated rings. The van der Waals surface area contributed by atoms with Gasteiger partial charge in [-0.15, -0.1) is 11.8 Å². The van der Waals surface area contributed by atoms with Gasteiger partial charge in [0.2, 0.25) is 0 Å². The minimum absolute atomic E-state index is 0.280. The first kappa shape index (κ1) is 23.1. The van der Waals surface area contributed by atoms with Crippen LogP contribution in [0.5, 0.6) is 0 Å². The minimum Gasteiger partial charge on any atom is -0.387 e. The molecule has 2 aromatic carbocycles. The van der Waals surface area contributed by atoms with Gasteiger partial charge in [0.15, 0.2) is 0 Å². The Balaban J connectivity index is 1.53. The van der Waals surface area contributed by atoms with Crippen molar-refractivity contribution in [2.45, 2.75) is 50.3 Å². The third-order valence-electron chi connectivity index (χ3n) is 6.06. The molecular formula is C28H34N2S2. The molecule has 0 atom stereocenters. The van der Waals surface area contributed by atoms with Gasteiger partial charge in [-0.3, -0.25) is 0 Å². The fourth-order valence-corrected chi connectivity index (χ4v) is 6.79. The number of hydrogen-bond donors (Lipinski definition) is 1. The van der Waals surface area contributed by atoms with Crippen LogP contribution in [0.2, 0.25) is 0 Å². The van der Waals surface area contributed by atoms with Crippen LogP contribution in [0.1, 0.15) is 37.8 Å². The zero-order valence-electron chi connectivity index (χ0n) is 20.1. The summed E-state index contributed by atoms with van der Waals surface area (Å²) in [6, 6.07) is 13.4. The van der Waals surface area contributed by atoms with Crippen LogP contribution in [0.25, 0.3) is 0 Å². The van der Waals surface area contributed by atoms with E-state index >= 15 is 0 Å². The molecule has 0 bridgehead atoms. The van der Waals surface area contributed by atoms with Gasteiger partial charge in [0.1, 0.15) is 0 Å². The number of thioether (sulfide) groups is 2. The third kappa shape index (κ3) is 5.29. The molecule has 0 spiro atoms. The third-order valence-corrected chi connectivity index (χ3v) is 8.19. The van der Waals surface area contributed by atoms with Crippen molar-refractivity contribution in [3.63, 3.8) is 0 Å². The second-order valence-electron chi connectivity index (χ2n) is 9.69. The lowest BCUT2D eigenvalue weighted by molar-refractivity contribution is 0.355. The molecule has 2 nitrogen and oxygen atoms in total. The highest BCUT2D eigenvalue weighted by Gasteiger charge is 2.27. The Morgan fingerprint density at radius 3 is 2.62 bits per heavy atom. The number of hydrogen-bond acceptors (Lipinski definition) is 4. The Labute approximate surface area is 202 Å². The van der Waals surface area contributed by atoms with Crippen LogP contribution in [-0.4, -0.2) is 19.8 Å². The van der Waals surface area contributed by atoms with E-state index in [0.29, 0.717) is 0 Å². The molecule has 2 aromatic rings. The van der Waals surface area contributed by atoms with Gasteiger partial charge in [0.25, 0.3) is 0 Å². The fourth-order valence-electron chi connectivity index (χ4n) is 4.49. The predicted octanol–water partition coefficient (Wildman–Crippen LogP) is 8.19. The predicted molar refractivity (Wildman–Crippen MR) is 144 cm³/mol. The molecule has 1 aliphatic heterocycles. The molecule has 0 saturated heterocycles. The van der Waals surface area contributed by atoms with Crippen LogP contribution in [0.3, 0.4) is 0 Å². The van der Waals surface area contributed by atoms with E-state index in [-0.39, 0.29) is 5.41 Å². The molecule has 2 aliphatic rings. The molecule has 1 N–H and O–H groups in total. The van der Waals surface area contributed by atoms with E-state index in [1.165, 1.54) is 48.5 Å². The fraction of sp³-hybridized carbons (Fsp3) is 0.357. The van der Waals surface area contributed by atoms with Gasteiger partial charge >= 0.3 is 0 Å². The van der Waals surface area contributed by atoms with Crippen molar-refractivity contribution >= 4 is 34.9 Å². The summed E-state index contributed by atoms with van der Waals surface area (Å²) in [4.78, 5) is 5.01. The molecule has 0 unspecified atom stereocenters. The van der Waals surface area contributed by atoms with Crippen molar-refractivity contribution in [1.29, 1.82) is 0 Å². The van der Waals surface area contributed by atoms with Crippen molar-refractivity contribution in [2.75, 3.05) is 30.1 Å². The number of fused-ring (bicyclic) bond motifs is 1. The molecule has 0 radical (unpaired) electrons. The lowest BCUT2D eigenvalue weighted by atomic mass is 9.75. The summed E-state index contributed by atoms with van der Waals surface area (Å²) in [5, 5.41) is 4.64. The number of allylic oxidation sites excluding steroid dienone is 4. The Morgan fingerprint density at radius 2 is 1.84 bits per heavy atom. The smallest absolute Gasteiger partial charge is 0.0801 e. The molecule has 1 aliphatic carbocycles. The first-order chi connectivity index (χ1) is 15.2. The van der Waals surface area contributed by atoms with Crippen molar-refractivity contribution in [3.8, 4) is 0 Å². The molecule has 4 heteroatoms. The summed E-state index contributed by atoms with van der Waals surface area (Å²) in [6.45, 7) is 9.11. The number of nitrogens with zero attached hydrogens (tertiary/aromatic N) is 1. The van der Waals surface area contributed by atoms with Crippen LogP contribution >= 0.6 is 23.5 Å². The maximum absolute atomic E-state index is 3.32. The Kier molecular flexibility index (Phi) is 6.83. The largest absolute Gasteiger partial charge is 0.387 e. The highest BCUT2D eigenvalue weighted by molar-refractivity contribution is 8.03. The summed E-state index contributed by atoms with van der Waals surface area (Å²) in [6.07, 6.45) is 9.51. The van der Waals surface area contributed by atoms with Crippen molar-refractivity contribution in [3.05, 3.63) is 81.9 Å². The monoisotopic (exact) mass is 462 g/mol. The second-order valence-corrected chi connectivity index (χ2v) is 11.8. The standard InChI is InChI=1S/C28H34N2S2/c1-19-7-9-23(29-5)25(13-19)31-12-11-21-15-22(18-28(3,4)17-21)16-27-30(6)24-10-8-20(2)14-26(24)32-27/h7-11,13-16,29H,12,17-18H2,1-6H3. The average molecular weight is 463 g/mol. The van der Waals surface area contributed by atoms with E-state index in [1.54, 1.807) is 0 Å². The molecule has 1 heterocycles. The van der Waals surface area contributed by atoms with Gasteiger partial charge < -0.3 is 10.2 Å². The van der Waals surface area contributed by atoms with Crippen molar-refractivity contribution in [1.82, 2.24) is 0 Å². The van der Waals surface area contributed by atoms with E-state index < -0.39 is 0 Å². The lowest BCUT2D eigenvalue weighted by Gasteiger charge is -2.31. The summed E-state index contributed by atoms with van der Waals surface area (Å²) in [7, 11) is 4.18.